The molecule has 0 bridgehead atoms. The van der Waals surface area contributed by atoms with Crippen molar-refractivity contribution in [2.45, 2.75) is 52.3 Å². The van der Waals surface area contributed by atoms with E-state index in [1.165, 1.54) is 0 Å². The molecule has 2 heterocycles. The van der Waals surface area contributed by atoms with E-state index in [-0.39, 0.29) is 18.0 Å². The molecule has 0 aromatic carbocycles. The van der Waals surface area contributed by atoms with Crippen molar-refractivity contribution in [2.24, 2.45) is 0 Å². The van der Waals surface area contributed by atoms with E-state index < -0.39 is 6.10 Å². The first-order chi connectivity index (χ1) is 10.3. The van der Waals surface area contributed by atoms with Crippen LogP contribution in [0.1, 0.15) is 33.4 Å². The highest BCUT2D eigenvalue weighted by atomic mass is 16.3. The van der Waals surface area contributed by atoms with Gasteiger partial charge in [0.15, 0.2) is 0 Å². The summed E-state index contributed by atoms with van der Waals surface area (Å²) in [5.74, 6) is 0.0713. The van der Waals surface area contributed by atoms with Crippen molar-refractivity contribution < 1.29 is 9.90 Å². The van der Waals surface area contributed by atoms with Crippen molar-refractivity contribution in [2.75, 3.05) is 26.2 Å². The molecule has 1 unspecified atom stereocenters. The lowest BCUT2D eigenvalue weighted by atomic mass is 10.1. The van der Waals surface area contributed by atoms with Gasteiger partial charge in [0.2, 0.25) is 5.91 Å². The number of aliphatic hydroxyl groups is 1. The molecular formula is C15H27N5O2. The number of hydrogen-bond donors (Lipinski definition) is 1. The number of aromatic nitrogens is 3. The molecule has 1 aromatic rings. The van der Waals surface area contributed by atoms with E-state index in [1.54, 1.807) is 17.8 Å². The summed E-state index contributed by atoms with van der Waals surface area (Å²) in [6.07, 6.45) is 1.74. The van der Waals surface area contributed by atoms with Crippen molar-refractivity contribution in [3.8, 4) is 0 Å². The highest BCUT2D eigenvalue weighted by molar-refractivity contribution is 5.76. The molecule has 7 heteroatoms. The summed E-state index contributed by atoms with van der Waals surface area (Å²) in [6, 6.07) is 0. The largest absolute Gasteiger partial charge is 0.393 e. The Kier molecular flexibility index (Phi) is 5.18. The molecule has 7 nitrogen and oxygen atoms in total. The third-order valence-corrected chi connectivity index (χ3v) is 3.97. The normalized spacial score (nSPS) is 18.5. The third kappa shape index (κ3) is 4.51. The molecule has 1 amide bonds. The van der Waals surface area contributed by atoms with Crippen LogP contribution in [0.15, 0.2) is 6.20 Å². The van der Waals surface area contributed by atoms with Crippen molar-refractivity contribution >= 4 is 5.91 Å². The minimum absolute atomic E-state index is 0.0713. The topological polar surface area (TPSA) is 74.5 Å². The Morgan fingerprint density at radius 1 is 1.32 bits per heavy atom. The Morgan fingerprint density at radius 2 is 1.95 bits per heavy atom. The summed E-state index contributed by atoms with van der Waals surface area (Å²) in [5, 5.41) is 17.3. The van der Waals surface area contributed by atoms with E-state index >= 15 is 0 Å². The van der Waals surface area contributed by atoms with Gasteiger partial charge in [0.05, 0.1) is 11.8 Å². The lowest BCUT2D eigenvalue weighted by Crippen LogP contribution is -2.55. The number of carbonyl (C=O) groups is 1. The zero-order chi connectivity index (χ0) is 16.3. The van der Waals surface area contributed by atoms with Crippen molar-refractivity contribution in [3.05, 3.63) is 11.9 Å². The fraction of sp³-hybridized carbons (Fsp3) is 0.800. The van der Waals surface area contributed by atoms with E-state index in [1.807, 2.05) is 4.90 Å². The number of aliphatic hydroxyl groups excluding tert-OH is 1. The molecule has 0 aliphatic carbocycles. The average molecular weight is 309 g/mol. The van der Waals surface area contributed by atoms with Gasteiger partial charge in [-0.25, -0.2) is 4.68 Å². The van der Waals surface area contributed by atoms with Gasteiger partial charge < -0.3 is 10.0 Å². The molecule has 1 saturated heterocycles. The van der Waals surface area contributed by atoms with Crippen LogP contribution in [0.2, 0.25) is 0 Å². The number of rotatable bonds is 4. The van der Waals surface area contributed by atoms with Crippen molar-refractivity contribution in [1.29, 1.82) is 0 Å². The lowest BCUT2D eigenvalue weighted by Gasteiger charge is -2.42. The molecule has 1 aliphatic heterocycles. The van der Waals surface area contributed by atoms with Gasteiger partial charge >= 0.3 is 0 Å². The summed E-state index contributed by atoms with van der Waals surface area (Å²) in [7, 11) is 0. The fourth-order valence-electron chi connectivity index (χ4n) is 2.68. The summed E-state index contributed by atoms with van der Waals surface area (Å²) in [6.45, 7) is 11.8. The Bertz CT molecular complexity index is 498. The number of carbonyl (C=O) groups excluding carboxylic acids is 1. The van der Waals surface area contributed by atoms with E-state index in [0.717, 1.165) is 26.2 Å². The first kappa shape index (κ1) is 16.9. The molecule has 1 aliphatic rings. The van der Waals surface area contributed by atoms with Crippen LogP contribution >= 0.6 is 0 Å². The molecule has 2 rings (SSSR count). The van der Waals surface area contributed by atoms with Crippen LogP contribution in [0.25, 0.3) is 0 Å². The quantitative estimate of drug-likeness (QED) is 0.856. The Balaban J connectivity index is 1.84. The molecule has 1 atom stereocenters. The second-order valence-electron chi connectivity index (χ2n) is 7.00. The lowest BCUT2D eigenvalue weighted by molar-refractivity contribution is -0.134. The van der Waals surface area contributed by atoms with E-state index in [4.69, 9.17) is 0 Å². The van der Waals surface area contributed by atoms with Gasteiger partial charge in [-0.2, -0.15) is 0 Å². The highest BCUT2D eigenvalue weighted by Crippen LogP contribution is 2.15. The SMILES string of the molecule is CC(O)Cc1cn(CC(=O)N2CCN(C(C)(C)C)CC2)nn1. The summed E-state index contributed by atoms with van der Waals surface area (Å²) in [5.41, 5.74) is 0.858. The Labute approximate surface area is 131 Å². The number of piperazine rings is 1. The van der Waals surface area contributed by atoms with Crippen molar-refractivity contribution in [3.63, 3.8) is 0 Å². The van der Waals surface area contributed by atoms with Gasteiger partial charge in [-0.1, -0.05) is 5.21 Å². The number of hydrogen-bond acceptors (Lipinski definition) is 5. The smallest absolute Gasteiger partial charge is 0.244 e. The summed E-state index contributed by atoms with van der Waals surface area (Å²) in [4.78, 5) is 16.6. The maximum absolute atomic E-state index is 12.3. The molecule has 0 spiro atoms. The number of nitrogens with zero attached hydrogens (tertiary/aromatic N) is 5. The zero-order valence-electron chi connectivity index (χ0n) is 14.0. The fourth-order valence-corrected chi connectivity index (χ4v) is 2.68. The first-order valence-electron chi connectivity index (χ1n) is 7.85. The molecule has 0 saturated carbocycles. The van der Waals surface area contributed by atoms with Crippen LogP contribution in [0.4, 0.5) is 0 Å². The minimum atomic E-state index is -0.452. The Hall–Kier alpha value is -1.47. The second kappa shape index (κ2) is 6.75. The molecule has 22 heavy (non-hydrogen) atoms. The van der Waals surface area contributed by atoms with Gasteiger partial charge in [0.1, 0.15) is 6.54 Å². The molecule has 0 radical (unpaired) electrons. The minimum Gasteiger partial charge on any atom is -0.393 e. The van der Waals surface area contributed by atoms with Gasteiger partial charge in [-0.05, 0) is 27.7 Å². The van der Waals surface area contributed by atoms with E-state index in [0.29, 0.717) is 12.1 Å². The van der Waals surface area contributed by atoms with Crippen LogP contribution in [0.3, 0.4) is 0 Å². The maximum atomic E-state index is 12.3. The van der Waals surface area contributed by atoms with Gasteiger partial charge in [-0.3, -0.25) is 9.69 Å². The maximum Gasteiger partial charge on any atom is 0.244 e. The average Bonchev–Trinajstić information content (AvgIpc) is 2.84. The monoisotopic (exact) mass is 309 g/mol. The molecule has 124 valence electrons. The second-order valence-corrected chi connectivity index (χ2v) is 7.00. The molecular weight excluding hydrogens is 282 g/mol. The molecule has 1 fully saturated rings. The summed E-state index contributed by atoms with van der Waals surface area (Å²) >= 11 is 0. The zero-order valence-corrected chi connectivity index (χ0v) is 14.0. The van der Waals surface area contributed by atoms with Crippen molar-refractivity contribution in [1.82, 2.24) is 24.8 Å². The Morgan fingerprint density at radius 3 is 2.50 bits per heavy atom. The van der Waals surface area contributed by atoms with Crippen LogP contribution in [0.5, 0.6) is 0 Å². The number of amides is 1. The highest BCUT2D eigenvalue weighted by Gasteiger charge is 2.27. The van der Waals surface area contributed by atoms with Gasteiger partial charge in [-0.15, -0.1) is 5.10 Å². The van der Waals surface area contributed by atoms with Crippen LogP contribution < -0.4 is 0 Å². The van der Waals surface area contributed by atoms with E-state index in [2.05, 4.69) is 36.0 Å². The van der Waals surface area contributed by atoms with Gasteiger partial charge in [0, 0.05) is 44.3 Å². The third-order valence-electron chi connectivity index (χ3n) is 3.97. The first-order valence-corrected chi connectivity index (χ1v) is 7.85. The van der Waals surface area contributed by atoms with Crippen LogP contribution in [-0.2, 0) is 17.8 Å². The predicted octanol–water partition coefficient (Wildman–Crippen LogP) is 0.144. The van der Waals surface area contributed by atoms with Crippen LogP contribution in [-0.4, -0.2) is 73.6 Å². The van der Waals surface area contributed by atoms with Gasteiger partial charge in [0.25, 0.3) is 0 Å². The van der Waals surface area contributed by atoms with Crippen LogP contribution in [0, 0.1) is 0 Å². The van der Waals surface area contributed by atoms with E-state index in [9.17, 15) is 9.90 Å². The predicted molar refractivity (Wildman–Crippen MR) is 83.3 cm³/mol. The molecule has 1 N–H and O–H groups in total. The molecule has 1 aromatic heterocycles. The standard InChI is InChI=1S/C15H27N5O2/c1-12(21)9-13-10-20(17-16-13)11-14(22)18-5-7-19(8-6-18)15(2,3)4/h10,12,21H,5-9,11H2,1-4H3. The summed E-state index contributed by atoms with van der Waals surface area (Å²) < 4.78 is 1.55.